The minimum Gasteiger partial charge on any atom is -0.383 e. The molecule has 1 aliphatic rings. The largest absolute Gasteiger partial charge is 0.383 e. The molecule has 2 N–H and O–H groups in total. The minimum absolute atomic E-state index is 0.0471. The van der Waals surface area contributed by atoms with E-state index < -0.39 is 0 Å². The van der Waals surface area contributed by atoms with E-state index in [4.69, 9.17) is 10.7 Å². The molecule has 1 aromatic carbocycles. The second-order valence-electron chi connectivity index (χ2n) is 6.46. The van der Waals surface area contributed by atoms with Gasteiger partial charge in [-0.1, -0.05) is 34.1 Å². The zero-order valence-electron chi connectivity index (χ0n) is 12.2. The number of hydrogen-bond acceptors (Lipinski definition) is 2. The zero-order valence-corrected chi connectivity index (χ0v) is 13.7. The van der Waals surface area contributed by atoms with E-state index in [2.05, 4.69) is 47.3 Å². The summed E-state index contributed by atoms with van der Waals surface area (Å²) in [6.07, 6.45) is 2.45. The third-order valence-electron chi connectivity index (χ3n) is 3.68. The molecule has 0 saturated heterocycles. The average molecular weight is 334 g/mol. The van der Waals surface area contributed by atoms with Crippen molar-refractivity contribution >= 4 is 21.7 Å². The quantitative estimate of drug-likeness (QED) is 0.877. The smallest absolute Gasteiger partial charge is 0.132 e. The van der Waals surface area contributed by atoms with Crippen molar-refractivity contribution in [3.05, 3.63) is 34.6 Å². The van der Waals surface area contributed by atoms with Crippen LogP contribution in [0, 0.1) is 0 Å². The lowest BCUT2D eigenvalue weighted by atomic mass is 10.1. The average Bonchev–Trinajstić information content (AvgIpc) is 3.13. The van der Waals surface area contributed by atoms with Gasteiger partial charge in [-0.05, 0) is 39.7 Å². The summed E-state index contributed by atoms with van der Waals surface area (Å²) >= 11 is 3.60. The maximum atomic E-state index is 6.44. The zero-order chi connectivity index (χ0) is 14.5. The molecule has 0 unspecified atom stereocenters. The Bertz CT molecular complexity index is 648. The number of anilines is 1. The third-order valence-corrected chi connectivity index (χ3v) is 4.37. The van der Waals surface area contributed by atoms with Crippen LogP contribution in [-0.2, 0) is 5.54 Å². The van der Waals surface area contributed by atoms with Crippen molar-refractivity contribution in [1.82, 2.24) is 9.55 Å². The molecule has 0 radical (unpaired) electrons. The van der Waals surface area contributed by atoms with Gasteiger partial charge in [0.15, 0.2) is 0 Å². The van der Waals surface area contributed by atoms with Crippen molar-refractivity contribution in [2.45, 2.75) is 45.1 Å². The molecule has 2 aromatic rings. The van der Waals surface area contributed by atoms with Crippen LogP contribution in [0.25, 0.3) is 11.3 Å². The molecule has 4 heteroatoms. The monoisotopic (exact) mass is 333 g/mol. The molecule has 0 bridgehead atoms. The number of rotatable bonds is 2. The van der Waals surface area contributed by atoms with Gasteiger partial charge in [0.05, 0.1) is 0 Å². The summed E-state index contributed by atoms with van der Waals surface area (Å²) in [5.41, 5.74) is 8.35. The van der Waals surface area contributed by atoms with Crippen LogP contribution in [0.15, 0.2) is 28.7 Å². The maximum Gasteiger partial charge on any atom is 0.132 e. The summed E-state index contributed by atoms with van der Waals surface area (Å²) in [7, 11) is 0. The fraction of sp³-hybridized carbons (Fsp3) is 0.438. The Morgan fingerprint density at radius 3 is 2.45 bits per heavy atom. The Morgan fingerprint density at radius 2 is 1.90 bits per heavy atom. The van der Waals surface area contributed by atoms with Crippen LogP contribution in [-0.4, -0.2) is 9.55 Å². The van der Waals surface area contributed by atoms with Crippen LogP contribution < -0.4 is 5.73 Å². The molecule has 1 aliphatic carbocycles. The maximum absolute atomic E-state index is 6.44. The van der Waals surface area contributed by atoms with Crippen molar-refractivity contribution < 1.29 is 0 Å². The van der Waals surface area contributed by atoms with Crippen molar-refractivity contribution in [1.29, 1.82) is 0 Å². The number of halogens is 1. The van der Waals surface area contributed by atoms with E-state index in [0.29, 0.717) is 5.92 Å². The lowest BCUT2D eigenvalue weighted by Gasteiger charge is -2.25. The first-order valence-corrected chi connectivity index (χ1v) is 7.82. The first kappa shape index (κ1) is 13.7. The van der Waals surface area contributed by atoms with Gasteiger partial charge in [0, 0.05) is 21.5 Å². The van der Waals surface area contributed by atoms with Crippen LogP contribution in [0.4, 0.5) is 5.82 Å². The number of imidazole rings is 1. The fourth-order valence-electron chi connectivity index (χ4n) is 2.62. The van der Waals surface area contributed by atoms with Crippen LogP contribution in [0.5, 0.6) is 0 Å². The molecule has 3 nitrogen and oxygen atoms in total. The normalized spacial score (nSPS) is 15.6. The number of aromatic nitrogens is 2. The van der Waals surface area contributed by atoms with Crippen LogP contribution >= 0.6 is 15.9 Å². The summed E-state index contributed by atoms with van der Waals surface area (Å²) in [5.74, 6) is 2.49. The van der Waals surface area contributed by atoms with Gasteiger partial charge >= 0.3 is 0 Å². The minimum atomic E-state index is -0.0471. The molecule has 0 aliphatic heterocycles. The highest BCUT2D eigenvalue weighted by atomic mass is 79.9. The fourth-order valence-corrected chi connectivity index (χ4v) is 3.10. The molecule has 20 heavy (non-hydrogen) atoms. The van der Waals surface area contributed by atoms with E-state index in [-0.39, 0.29) is 5.54 Å². The topological polar surface area (TPSA) is 43.8 Å². The van der Waals surface area contributed by atoms with Gasteiger partial charge in [-0.15, -0.1) is 0 Å². The number of hydrogen-bond donors (Lipinski definition) is 1. The molecule has 1 saturated carbocycles. The Morgan fingerprint density at radius 1 is 1.25 bits per heavy atom. The lowest BCUT2D eigenvalue weighted by molar-refractivity contribution is 0.388. The summed E-state index contributed by atoms with van der Waals surface area (Å²) in [6, 6.07) is 8.12. The van der Waals surface area contributed by atoms with Gasteiger partial charge in [0.2, 0.25) is 0 Å². The van der Waals surface area contributed by atoms with Gasteiger partial charge in [0.25, 0.3) is 0 Å². The number of nitrogens with zero attached hydrogens (tertiary/aromatic N) is 2. The van der Waals surface area contributed by atoms with E-state index in [1.165, 1.54) is 12.8 Å². The predicted molar refractivity (Wildman–Crippen MR) is 86.7 cm³/mol. The van der Waals surface area contributed by atoms with E-state index in [1.54, 1.807) is 0 Å². The first-order valence-electron chi connectivity index (χ1n) is 7.03. The molecule has 106 valence electrons. The van der Waals surface area contributed by atoms with Crippen LogP contribution in [0.1, 0.15) is 45.4 Å². The van der Waals surface area contributed by atoms with Crippen molar-refractivity contribution in [2.75, 3.05) is 5.73 Å². The molecular formula is C16H20BrN3. The summed E-state index contributed by atoms with van der Waals surface area (Å²) in [6.45, 7) is 6.54. The second kappa shape index (κ2) is 4.62. The third kappa shape index (κ3) is 2.26. The highest BCUT2D eigenvalue weighted by Crippen LogP contribution is 2.45. The van der Waals surface area contributed by atoms with Crippen molar-refractivity contribution in [2.24, 2.45) is 0 Å². The summed E-state index contributed by atoms with van der Waals surface area (Å²) in [5, 5.41) is 0. The summed E-state index contributed by atoms with van der Waals surface area (Å²) < 4.78 is 3.24. The Balaban J connectivity index is 2.21. The Labute approximate surface area is 128 Å². The molecule has 3 rings (SSSR count). The molecule has 0 atom stereocenters. The Hall–Kier alpha value is -1.29. The van der Waals surface area contributed by atoms with Crippen molar-refractivity contribution in [3.8, 4) is 11.3 Å². The molecule has 1 fully saturated rings. The van der Waals surface area contributed by atoms with E-state index >= 15 is 0 Å². The molecular weight excluding hydrogens is 314 g/mol. The highest BCUT2D eigenvalue weighted by Gasteiger charge is 2.34. The van der Waals surface area contributed by atoms with Gasteiger partial charge < -0.3 is 10.3 Å². The standard InChI is InChI=1S/C16H20BrN3/c1-16(2,3)20-14(18)13(19-15(20)10-8-9-10)11-6-4-5-7-12(11)17/h4-7,10H,8-9,18H2,1-3H3. The van der Waals surface area contributed by atoms with Gasteiger partial charge in [-0.3, -0.25) is 0 Å². The lowest BCUT2D eigenvalue weighted by Crippen LogP contribution is -2.25. The highest BCUT2D eigenvalue weighted by molar-refractivity contribution is 9.10. The molecule has 0 spiro atoms. The van der Waals surface area contributed by atoms with Gasteiger partial charge in [-0.25, -0.2) is 4.98 Å². The molecule has 1 heterocycles. The Kier molecular flexibility index (Phi) is 3.16. The van der Waals surface area contributed by atoms with Gasteiger partial charge in [0.1, 0.15) is 17.3 Å². The predicted octanol–water partition coefficient (Wildman–Crippen LogP) is 4.53. The molecule has 0 amide bonds. The van der Waals surface area contributed by atoms with E-state index in [1.807, 2.05) is 18.2 Å². The van der Waals surface area contributed by atoms with Crippen LogP contribution in [0.2, 0.25) is 0 Å². The molecule has 1 aromatic heterocycles. The number of nitrogen functional groups attached to an aromatic ring is 1. The van der Waals surface area contributed by atoms with Crippen molar-refractivity contribution in [3.63, 3.8) is 0 Å². The summed E-state index contributed by atoms with van der Waals surface area (Å²) in [4.78, 5) is 4.88. The second-order valence-corrected chi connectivity index (χ2v) is 7.32. The number of benzene rings is 1. The van der Waals surface area contributed by atoms with E-state index in [9.17, 15) is 0 Å². The first-order chi connectivity index (χ1) is 9.39. The van der Waals surface area contributed by atoms with Crippen LogP contribution in [0.3, 0.4) is 0 Å². The SMILES string of the molecule is CC(C)(C)n1c(C2CC2)nc(-c2ccccc2Br)c1N. The number of nitrogens with two attached hydrogens (primary N) is 1. The van der Waals surface area contributed by atoms with E-state index in [0.717, 1.165) is 27.4 Å². The van der Waals surface area contributed by atoms with Gasteiger partial charge in [-0.2, -0.15) is 0 Å².